The Kier molecular flexibility index (Phi) is 3.83. The minimum atomic E-state index is 0.266. The van der Waals surface area contributed by atoms with Gasteiger partial charge in [-0.1, -0.05) is 12.1 Å². The van der Waals surface area contributed by atoms with Crippen molar-refractivity contribution in [3.05, 3.63) is 36.4 Å². The van der Waals surface area contributed by atoms with E-state index in [0.29, 0.717) is 6.61 Å². The lowest BCUT2D eigenvalue weighted by molar-refractivity contribution is 0.0512. The van der Waals surface area contributed by atoms with E-state index in [2.05, 4.69) is 0 Å². The fourth-order valence-electron chi connectivity index (χ4n) is 1.68. The Morgan fingerprint density at radius 2 is 1.47 bits per heavy atom. The van der Waals surface area contributed by atoms with E-state index in [1.165, 1.54) is 0 Å². The summed E-state index contributed by atoms with van der Waals surface area (Å²) in [6, 6.07) is 12.0. The molecule has 2 aromatic carbocycles. The molecule has 90 valence electrons. The molecule has 0 aliphatic heterocycles. The fraction of sp³-hybridized carbons (Fsp3) is 0.286. The smallest absolute Gasteiger partial charge is 0.188 e. The van der Waals surface area contributed by atoms with E-state index in [0.717, 1.165) is 22.3 Å². The van der Waals surface area contributed by atoms with Crippen LogP contribution in [0.1, 0.15) is 6.92 Å². The van der Waals surface area contributed by atoms with E-state index in [9.17, 15) is 0 Å². The van der Waals surface area contributed by atoms with Gasteiger partial charge in [0.05, 0.1) is 6.61 Å². The monoisotopic (exact) mass is 232 g/mol. The van der Waals surface area contributed by atoms with Crippen molar-refractivity contribution in [2.24, 2.45) is 0 Å². The molecule has 0 heterocycles. The van der Waals surface area contributed by atoms with Crippen LogP contribution in [-0.4, -0.2) is 20.5 Å². The molecule has 17 heavy (non-hydrogen) atoms. The predicted octanol–water partition coefficient (Wildman–Crippen LogP) is 3.22. The highest BCUT2D eigenvalue weighted by atomic mass is 16.7. The van der Waals surface area contributed by atoms with Crippen molar-refractivity contribution >= 4 is 10.8 Å². The van der Waals surface area contributed by atoms with E-state index in [1.54, 1.807) is 7.11 Å². The molecule has 0 fully saturated rings. The van der Waals surface area contributed by atoms with E-state index < -0.39 is 0 Å². The second-order valence-electron chi connectivity index (χ2n) is 3.65. The molecule has 0 aliphatic rings. The molecule has 0 aliphatic carbocycles. The first-order valence-corrected chi connectivity index (χ1v) is 5.62. The van der Waals surface area contributed by atoms with Crippen LogP contribution in [0.15, 0.2) is 36.4 Å². The number of hydrogen-bond acceptors (Lipinski definition) is 3. The Hall–Kier alpha value is -1.74. The number of hydrogen-bond donors (Lipinski definition) is 0. The van der Waals surface area contributed by atoms with Gasteiger partial charge in [0, 0.05) is 7.11 Å². The lowest BCUT2D eigenvalue weighted by atomic mass is 10.1. The van der Waals surface area contributed by atoms with Crippen LogP contribution in [0.3, 0.4) is 0 Å². The fourth-order valence-corrected chi connectivity index (χ4v) is 1.68. The first-order chi connectivity index (χ1) is 8.33. The van der Waals surface area contributed by atoms with Crippen LogP contribution in [0.25, 0.3) is 10.8 Å². The standard InChI is InChI=1S/C14H16O3/c1-3-16-13-6-4-12-9-14(17-10-15-2)7-5-11(12)8-13/h4-9H,3,10H2,1-2H3. The van der Waals surface area contributed by atoms with Gasteiger partial charge >= 0.3 is 0 Å². The van der Waals surface area contributed by atoms with E-state index in [-0.39, 0.29) is 6.79 Å². The zero-order chi connectivity index (χ0) is 12.1. The molecular weight excluding hydrogens is 216 g/mol. The molecule has 0 aromatic heterocycles. The molecule has 3 heteroatoms. The highest BCUT2D eigenvalue weighted by Gasteiger charge is 1.99. The van der Waals surface area contributed by atoms with Gasteiger partial charge in [-0.2, -0.15) is 0 Å². The molecule has 0 amide bonds. The molecule has 0 saturated heterocycles. The maximum atomic E-state index is 5.46. The van der Waals surface area contributed by atoms with Gasteiger partial charge in [0.2, 0.25) is 0 Å². The third-order valence-corrected chi connectivity index (χ3v) is 2.44. The van der Waals surface area contributed by atoms with Crippen molar-refractivity contribution in [1.29, 1.82) is 0 Å². The summed E-state index contributed by atoms with van der Waals surface area (Å²) in [6.45, 7) is 2.93. The zero-order valence-electron chi connectivity index (χ0n) is 10.1. The summed E-state index contributed by atoms with van der Waals surface area (Å²) < 4.78 is 15.7. The van der Waals surface area contributed by atoms with Crippen LogP contribution in [0.5, 0.6) is 11.5 Å². The van der Waals surface area contributed by atoms with E-state index in [1.807, 2.05) is 43.3 Å². The van der Waals surface area contributed by atoms with Gasteiger partial charge in [0.1, 0.15) is 11.5 Å². The first-order valence-electron chi connectivity index (χ1n) is 5.62. The molecule has 0 atom stereocenters. The van der Waals surface area contributed by atoms with Crippen LogP contribution in [0.2, 0.25) is 0 Å². The summed E-state index contributed by atoms with van der Waals surface area (Å²) >= 11 is 0. The highest BCUT2D eigenvalue weighted by Crippen LogP contribution is 2.24. The van der Waals surface area contributed by atoms with Gasteiger partial charge in [0.15, 0.2) is 6.79 Å². The third kappa shape index (κ3) is 2.88. The van der Waals surface area contributed by atoms with Crippen LogP contribution < -0.4 is 9.47 Å². The minimum absolute atomic E-state index is 0.266. The predicted molar refractivity (Wildman–Crippen MR) is 67.6 cm³/mol. The lowest BCUT2D eigenvalue weighted by Crippen LogP contribution is -1.98. The number of rotatable bonds is 5. The van der Waals surface area contributed by atoms with E-state index in [4.69, 9.17) is 14.2 Å². The Morgan fingerprint density at radius 3 is 2.00 bits per heavy atom. The Morgan fingerprint density at radius 1 is 0.882 bits per heavy atom. The topological polar surface area (TPSA) is 27.7 Å². The Labute approximate surface area is 101 Å². The van der Waals surface area contributed by atoms with Gasteiger partial charge < -0.3 is 14.2 Å². The van der Waals surface area contributed by atoms with Gasteiger partial charge in [0.25, 0.3) is 0 Å². The van der Waals surface area contributed by atoms with Crippen molar-refractivity contribution in [3.63, 3.8) is 0 Å². The van der Waals surface area contributed by atoms with Crippen LogP contribution in [-0.2, 0) is 4.74 Å². The van der Waals surface area contributed by atoms with Crippen molar-refractivity contribution in [2.75, 3.05) is 20.5 Å². The molecule has 0 N–H and O–H groups in total. The second kappa shape index (κ2) is 5.55. The van der Waals surface area contributed by atoms with Gasteiger partial charge in [-0.3, -0.25) is 0 Å². The van der Waals surface area contributed by atoms with Crippen molar-refractivity contribution in [3.8, 4) is 11.5 Å². The largest absolute Gasteiger partial charge is 0.494 e. The Balaban J connectivity index is 2.26. The average Bonchev–Trinajstić information content (AvgIpc) is 2.36. The van der Waals surface area contributed by atoms with Crippen molar-refractivity contribution < 1.29 is 14.2 Å². The summed E-state index contributed by atoms with van der Waals surface area (Å²) in [4.78, 5) is 0. The molecule has 2 aromatic rings. The molecular formula is C14H16O3. The maximum Gasteiger partial charge on any atom is 0.188 e. The third-order valence-electron chi connectivity index (χ3n) is 2.44. The van der Waals surface area contributed by atoms with Crippen molar-refractivity contribution in [1.82, 2.24) is 0 Å². The summed E-state index contributed by atoms with van der Waals surface area (Å²) in [5, 5.41) is 2.27. The lowest BCUT2D eigenvalue weighted by Gasteiger charge is -2.07. The van der Waals surface area contributed by atoms with Crippen LogP contribution in [0.4, 0.5) is 0 Å². The summed E-state index contributed by atoms with van der Waals surface area (Å²) in [6.07, 6.45) is 0. The number of fused-ring (bicyclic) bond motifs is 1. The summed E-state index contributed by atoms with van der Waals surface area (Å²) in [5.41, 5.74) is 0. The normalized spacial score (nSPS) is 10.5. The molecule has 0 saturated carbocycles. The minimum Gasteiger partial charge on any atom is -0.494 e. The molecule has 0 bridgehead atoms. The highest BCUT2D eigenvalue weighted by molar-refractivity contribution is 5.85. The van der Waals surface area contributed by atoms with Crippen LogP contribution >= 0.6 is 0 Å². The SMILES string of the molecule is CCOc1ccc2cc(OCOC)ccc2c1. The number of methoxy groups -OCH3 is 1. The average molecular weight is 232 g/mol. The van der Waals surface area contributed by atoms with Crippen molar-refractivity contribution in [2.45, 2.75) is 6.92 Å². The molecule has 0 radical (unpaired) electrons. The second-order valence-corrected chi connectivity index (χ2v) is 3.65. The molecule has 0 unspecified atom stereocenters. The molecule has 3 nitrogen and oxygen atoms in total. The quantitative estimate of drug-likeness (QED) is 0.741. The Bertz CT molecular complexity index is 494. The van der Waals surface area contributed by atoms with Gasteiger partial charge in [-0.15, -0.1) is 0 Å². The zero-order valence-corrected chi connectivity index (χ0v) is 10.1. The van der Waals surface area contributed by atoms with E-state index >= 15 is 0 Å². The number of benzene rings is 2. The first kappa shape index (κ1) is 11.7. The number of ether oxygens (including phenoxy) is 3. The summed E-state index contributed by atoms with van der Waals surface area (Å²) in [7, 11) is 1.61. The molecule has 2 rings (SSSR count). The van der Waals surface area contributed by atoms with Crippen LogP contribution in [0, 0.1) is 0 Å². The maximum absolute atomic E-state index is 5.46. The summed E-state index contributed by atoms with van der Waals surface area (Å²) in [5.74, 6) is 1.70. The molecule has 0 spiro atoms. The van der Waals surface area contributed by atoms with Gasteiger partial charge in [-0.05, 0) is 42.0 Å². The van der Waals surface area contributed by atoms with Gasteiger partial charge in [-0.25, -0.2) is 0 Å².